The number of aryl methyl sites for hydroxylation is 2. The van der Waals surface area contributed by atoms with Crippen LogP contribution in [0, 0.1) is 13.8 Å². The van der Waals surface area contributed by atoms with E-state index in [-0.39, 0.29) is 6.42 Å². The second kappa shape index (κ2) is 8.94. The lowest BCUT2D eigenvalue weighted by Gasteiger charge is -2.20. The number of aromatic nitrogens is 4. The lowest BCUT2D eigenvalue weighted by molar-refractivity contribution is -0.0196. The Kier molecular flexibility index (Phi) is 5.82. The van der Waals surface area contributed by atoms with Crippen LogP contribution in [0.3, 0.4) is 0 Å². The normalized spacial score (nSPS) is 22.1. The van der Waals surface area contributed by atoms with Crippen LogP contribution >= 0.6 is 0 Å². The quantitative estimate of drug-likeness (QED) is 0.306. The number of hydrogen-bond acceptors (Lipinski definition) is 9. The molecule has 0 unspecified atom stereocenters. The van der Waals surface area contributed by atoms with Crippen molar-refractivity contribution in [2.45, 2.75) is 44.6 Å². The summed E-state index contributed by atoms with van der Waals surface area (Å²) in [5.41, 5.74) is 4.69. The van der Waals surface area contributed by atoms with Gasteiger partial charge in [-0.2, -0.15) is 4.98 Å². The van der Waals surface area contributed by atoms with Crippen LogP contribution in [0.4, 0.5) is 17.5 Å². The molecule has 0 radical (unpaired) electrons. The highest BCUT2D eigenvalue weighted by atomic mass is 16.4. The molecule has 5 N–H and O–H groups in total. The van der Waals surface area contributed by atoms with Crippen LogP contribution in [-0.2, 0) is 0 Å². The summed E-state index contributed by atoms with van der Waals surface area (Å²) in [6.45, 7) is 3.83. The van der Waals surface area contributed by atoms with Gasteiger partial charge in [0.05, 0.1) is 28.9 Å². The van der Waals surface area contributed by atoms with Crippen LogP contribution in [0.1, 0.15) is 17.8 Å². The monoisotopic (exact) mass is 458 g/mol. The first-order valence-electron chi connectivity index (χ1n) is 11.1. The maximum Gasteiger partial charge on any atom is 0.229 e. The van der Waals surface area contributed by atoms with E-state index in [0.29, 0.717) is 23.0 Å². The molecular weight excluding hydrogens is 432 g/mol. The van der Waals surface area contributed by atoms with Gasteiger partial charge in [-0.3, -0.25) is 4.98 Å². The lowest BCUT2D eigenvalue weighted by Crippen LogP contribution is -2.36. The van der Waals surface area contributed by atoms with E-state index in [2.05, 4.69) is 25.6 Å². The fourth-order valence-electron chi connectivity index (χ4n) is 4.32. The Morgan fingerprint density at radius 1 is 0.882 bits per heavy atom. The molecule has 1 aromatic carbocycles. The molecule has 9 nitrogen and oxygen atoms in total. The van der Waals surface area contributed by atoms with Gasteiger partial charge in [0.2, 0.25) is 5.95 Å². The Labute approximate surface area is 196 Å². The number of aliphatic hydroxyl groups excluding tert-OH is 3. The molecule has 0 saturated heterocycles. The maximum atomic E-state index is 10.4. The van der Waals surface area contributed by atoms with Crippen LogP contribution < -0.4 is 10.6 Å². The van der Waals surface area contributed by atoms with Crippen LogP contribution in [0.15, 0.2) is 54.7 Å². The molecule has 9 heteroatoms. The predicted molar refractivity (Wildman–Crippen MR) is 130 cm³/mol. The summed E-state index contributed by atoms with van der Waals surface area (Å²) in [6.07, 6.45) is -1.52. The van der Waals surface area contributed by atoms with Gasteiger partial charge in [0.15, 0.2) is 0 Å². The summed E-state index contributed by atoms with van der Waals surface area (Å²) < 4.78 is 0. The van der Waals surface area contributed by atoms with Gasteiger partial charge >= 0.3 is 0 Å². The van der Waals surface area contributed by atoms with Crippen molar-refractivity contribution in [2.75, 3.05) is 10.6 Å². The van der Waals surface area contributed by atoms with Gasteiger partial charge in [0.1, 0.15) is 18.0 Å². The van der Waals surface area contributed by atoms with E-state index in [1.807, 2.05) is 62.4 Å². The van der Waals surface area contributed by atoms with E-state index < -0.39 is 24.4 Å². The summed E-state index contributed by atoms with van der Waals surface area (Å²) in [4.78, 5) is 18.3. The zero-order valence-corrected chi connectivity index (χ0v) is 18.8. The minimum Gasteiger partial charge on any atom is -0.390 e. The number of rotatable bonds is 5. The van der Waals surface area contributed by atoms with Gasteiger partial charge in [-0.25, -0.2) is 9.97 Å². The highest BCUT2D eigenvalue weighted by molar-refractivity contribution is 5.83. The van der Waals surface area contributed by atoms with Gasteiger partial charge in [-0.05, 0) is 44.5 Å². The number of hydrogen-bond donors (Lipinski definition) is 5. The Morgan fingerprint density at radius 3 is 2.38 bits per heavy atom. The molecule has 0 bridgehead atoms. The van der Waals surface area contributed by atoms with E-state index in [1.54, 1.807) is 6.20 Å². The van der Waals surface area contributed by atoms with Gasteiger partial charge < -0.3 is 26.0 Å². The zero-order valence-electron chi connectivity index (χ0n) is 18.8. The number of para-hydroxylation sites is 1. The van der Waals surface area contributed by atoms with Crippen molar-refractivity contribution < 1.29 is 15.3 Å². The highest BCUT2D eigenvalue weighted by Gasteiger charge is 2.41. The zero-order chi connectivity index (χ0) is 23.8. The Bertz CT molecular complexity index is 1330. The summed E-state index contributed by atoms with van der Waals surface area (Å²) in [7, 11) is 0. The van der Waals surface area contributed by atoms with E-state index in [9.17, 15) is 15.3 Å². The summed E-state index contributed by atoms with van der Waals surface area (Å²) in [5.74, 6) is 0.791. The fraction of sp³-hybridized carbons (Fsp3) is 0.280. The molecule has 34 heavy (non-hydrogen) atoms. The van der Waals surface area contributed by atoms with Crippen LogP contribution in [0.25, 0.3) is 22.2 Å². The molecule has 3 heterocycles. The fourth-order valence-corrected chi connectivity index (χ4v) is 4.32. The number of fused-ring (bicyclic) bond motifs is 1. The standard InChI is InChI=1S/C25H26N6O3/c1-13-9-16(10-14(2)27-13)28-25-26-12-17(19-8-7-15-5-3-4-6-18(15)29-19)24(31-25)30-20-11-21(32)23(34)22(20)33/h3-10,12,20-23,32-34H,11H2,1-2H3,(H2,26,27,28,30,31)/t20-,21+,22+,23-/m1/s1. The third kappa shape index (κ3) is 4.41. The van der Waals surface area contributed by atoms with E-state index in [0.717, 1.165) is 28.0 Å². The van der Waals surface area contributed by atoms with Crippen molar-refractivity contribution >= 4 is 28.4 Å². The molecule has 0 spiro atoms. The number of aliphatic hydroxyl groups is 3. The smallest absolute Gasteiger partial charge is 0.229 e. The molecule has 1 aliphatic rings. The second-order valence-electron chi connectivity index (χ2n) is 8.64. The summed E-state index contributed by atoms with van der Waals surface area (Å²) >= 11 is 0. The van der Waals surface area contributed by atoms with Gasteiger partial charge in [-0.15, -0.1) is 0 Å². The lowest BCUT2D eigenvalue weighted by atomic mass is 10.1. The number of benzene rings is 1. The molecule has 0 aliphatic heterocycles. The largest absolute Gasteiger partial charge is 0.390 e. The van der Waals surface area contributed by atoms with Crippen LogP contribution in [0.2, 0.25) is 0 Å². The average molecular weight is 459 g/mol. The number of nitrogens with one attached hydrogen (secondary N) is 2. The van der Waals surface area contributed by atoms with Crippen molar-refractivity contribution in [2.24, 2.45) is 0 Å². The SMILES string of the molecule is Cc1cc(Nc2ncc(-c3ccc4ccccc4n3)c(N[C@@H]3C[C@H](O)[C@@H](O)[C@H]3O)n2)cc(C)n1. The molecule has 174 valence electrons. The maximum absolute atomic E-state index is 10.4. The number of anilines is 3. The van der Waals surface area contributed by atoms with Gasteiger partial charge in [-0.1, -0.05) is 24.3 Å². The summed E-state index contributed by atoms with van der Waals surface area (Å²) in [5, 5.41) is 37.9. The minimum absolute atomic E-state index is 0.183. The van der Waals surface area contributed by atoms with Crippen molar-refractivity contribution in [1.82, 2.24) is 19.9 Å². The predicted octanol–water partition coefficient (Wildman–Crippen LogP) is 2.71. The number of pyridine rings is 2. The second-order valence-corrected chi connectivity index (χ2v) is 8.64. The first-order valence-corrected chi connectivity index (χ1v) is 11.1. The van der Waals surface area contributed by atoms with Gasteiger partial charge in [0, 0.05) is 28.7 Å². The average Bonchev–Trinajstić information content (AvgIpc) is 3.05. The van der Waals surface area contributed by atoms with Crippen molar-refractivity contribution in [3.05, 3.63) is 66.1 Å². The minimum atomic E-state index is -1.22. The topological polar surface area (TPSA) is 136 Å². The van der Waals surface area contributed by atoms with E-state index in [4.69, 9.17) is 4.98 Å². The first kappa shape index (κ1) is 22.1. The highest BCUT2D eigenvalue weighted by Crippen LogP contribution is 2.31. The molecule has 1 fully saturated rings. The Hall–Kier alpha value is -3.66. The molecule has 5 rings (SSSR count). The first-order chi connectivity index (χ1) is 16.4. The summed E-state index contributed by atoms with van der Waals surface area (Å²) in [6, 6.07) is 14.9. The third-order valence-corrected chi connectivity index (χ3v) is 5.97. The van der Waals surface area contributed by atoms with E-state index in [1.165, 1.54) is 0 Å². The Morgan fingerprint density at radius 2 is 1.65 bits per heavy atom. The molecule has 4 atom stereocenters. The van der Waals surface area contributed by atoms with Crippen molar-refractivity contribution in [3.63, 3.8) is 0 Å². The molecule has 3 aromatic heterocycles. The number of nitrogens with zero attached hydrogens (tertiary/aromatic N) is 4. The molecule has 1 saturated carbocycles. The van der Waals surface area contributed by atoms with Crippen LogP contribution in [-0.4, -0.2) is 59.6 Å². The van der Waals surface area contributed by atoms with Crippen molar-refractivity contribution in [1.29, 1.82) is 0 Å². The van der Waals surface area contributed by atoms with Crippen LogP contribution in [0.5, 0.6) is 0 Å². The molecule has 0 amide bonds. The Balaban J connectivity index is 1.54. The molecular formula is C25H26N6O3. The molecule has 4 aromatic rings. The van der Waals surface area contributed by atoms with Crippen molar-refractivity contribution in [3.8, 4) is 11.3 Å². The van der Waals surface area contributed by atoms with Gasteiger partial charge in [0.25, 0.3) is 0 Å². The third-order valence-electron chi connectivity index (χ3n) is 5.97. The van der Waals surface area contributed by atoms with E-state index >= 15 is 0 Å². The molecule has 1 aliphatic carbocycles.